The lowest BCUT2D eigenvalue weighted by Gasteiger charge is -2.23. The molecule has 1 aliphatic carbocycles. The Kier molecular flexibility index (Phi) is 5.42. The Hall–Kier alpha value is -2.30. The Morgan fingerprint density at radius 2 is 2.36 bits per heavy atom. The minimum atomic E-state index is -0.746. The maximum absolute atomic E-state index is 14.6. The van der Waals surface area contributed by atoms with Gasteiger partial charge >= 0.3 is 0 Å². The predicted molar refractivity (Wildman–Crippen MR) is 106 cm³/mol. The molecule has 4 rings (SSSR count). The first-order chi connectivity index (χ1) is 13.6. The number of carbonyl (C=O) groups excluding carboxylic acids is 1. The van der Waals surface area contributed by atoms with Crippen molar-refractivity contribution in [2.75, 3.05) is 0 Å². The Morgan fingerprint density at radius 1 is 1.50 bits per heavy atom. The summed E-state index contributed by atoms with van der Waals surface area (Å²) < 4.78 is 14.6. The van der Waals surface area contributed by atoms with Gasteiger partial charge in [0.05, 0.1) is 22.0 Å². The van der Waals surface area contributed by atoms with Crippen LogP contribution >= 0.6 is 11.3 Å². The van der Waals surface area contributed by atoms with E-state index in [2.05, 4.69) is 21.7 Å². The fraction of sp³-hybridized carbons (Fsp3) is 0.476. The monoisotopic (exact) mass is 398 g/mol. The van der Waals surface area contributed by atoms with Gasteiger partial charge in [-0.3, -0.25) is 4.79 Å². The molecule has 28 heavy (non-hydrogen) atoms. The molecule has 1 aromatic heterocycles. The van der Waals surface area contributed by atoms with E-state index < -0.39 is 6.04 Å². The summed E-state index contributed by atoms with van der Waals surface area (Å²) in [6.45, 7) is 2.04. The zero-order valence-corrected chi connectivity index (χ0v) is 16.6. The molecule has 1 aromatic carbocycles. The number of aromatic nitrogens is 1. The molecule has 146 valence electrons. The lowest BCUT2D eigenvalue weighted by atomic mass is 9.98. The van der Waals surface area contributed by atoms with E-state index >= 15 is 0 Å². The second-order valence-corrected chi connectivity index (χ2v) is 8.70. The number of amides is 1. The number of benzene rings is 1. The molecular formula is C21H23FN4OS. The highest BCUT2D eigenvalue weighted by Gasteiger charge is 2.43. The SMILES string of the molecule is CCc1ncc(-c2ccc(C[C@@H](C#N)NC(=O)[C@H]3N[C@H]4CC[C@H]3C4)c(F)c2)s1. The van der Waals surface area contributed by atoms with Crippen molar-refractivity contribution >= 4 is 17.2 Å². The minimum Gasteiger partial charge on any atom is -0.339 e. The molecule has 1 aliphatic heterocycles. The molecule has 1 saturated heterocycles. The van der Waals surface area contributed by atoms with Gasteiger partial charge in [0.2, 0.25) is 5.91 Å². The van der Waals surface area contributed by atoms with Crippen molar-refractivity contribution in [3.05, 3.63) is 40.8 Å². The van der Waals surface area contributed by atoms with Crippen LogP contribution in [0.25, 0.3) is 10.4 Å². The Bertz CT molecular complexity index is 921. The molecule has 2 fully saturated rings. The number of nitriles is 1. The molecule has 0 unspecified atom stereocenters. The van der Waals surface area contributed by atoms with Gasteiger partial charge in [0.25, 0.3) is 0 Å². The van der Waals surface area contributed by atoms with Crippen LogP contribution in [0.3, 0.4) is 0 Å². The third kappa shape index (κ3) is 3.80. The van der Waals surface area contributed by atoms with E-state index in [1.165, 1.54) is 6.07 Å². The second-order valence-electron chi connectivity index (χ2n) is 7.59. The van der Waals surface area contributed by atoms with Crippen molar-refractivity contribution < 1.29 is 9.18 Å². The predicted octanol–water partition coefficient (Wildman–Crippen LogP) is 3.20. The molecule has 4 atom stereocenters. The first-order valence-corrected chi connectivity index (χ1v) is 10.6. The van der Waals surface area contributed by atoms with Crippen LogP contribution in [-0.2, 0) is 17.6 Å². The molecule has 2 N–H and O–H groups in total. The lowest BCUT2D eigenvalue weighted by Crippen LogP contribution is -2.50. The van der Waals surface area contributed by atoms with Crippen molar-refractivity contribution in [1.82, 2.24) is 15.6 Å². The Balaban J connectivity index is 1.42. The number of halogens is 1. The fourth-order valence-corrected chi connectivity index (χ4v) is 5.09. The number of rotatable bonds is 6. The molecule has 5 nitrogen and oxygen atoms in total. The van der Waals surface area contributed by atoms with Gasteiger partial charge < -0.3 is 10.6 Å². The van der Waals surface area contributed by atoms with Gasteiger partial charge in [-0.15, -0.1) is 11.3 Å². The maximum atomic E-state index is 14.6. The molecule has 1 saturated carbocycles. The highest BCUT2D eigenvalue weighted by Crippen LogP contribution is 2.35. The fourth-order valence-electron chi connectivity index (χ4n) is 4.23. The van der Waals surface area contributed by atoms with Gasteiger partial charge in [-0.1, -0.05) is 19.1 Å². The summed E-state index contributed by atoms with van der Waals surface area (Å²) in [7, 11) is 0. The minimum absolute atomic E-state index is 0.146. The number of hydrogen-bond acceptors (Lipinski definition) is 5. The van der Waals surface area contributed by atoms with Crippen molar-refractivity contribution in [3.8, 4) is 16.5 Å². The summed E-state index contributed by atoms with van der Waals surface area (Å²) in [5, 5.41) is 16.6. The van der Waals surface area contributed by atoms with Crippen LogP contribution in [-0.4, -0.2) is 29.0 Å². The summed E-state index contributed by atoms with van der Waals surface area (Å²) in [4.78, 5) is 17.8. The summed E-state index contributed by atoms with van der Waals surface area (Å²) in [6.07, 6.45) is 5.97. The zero-order valence-electron chi connectivity index (χ0n) is 15.7. The molecule has 7 heteroatoms. The van der Waals surface area contributed by atoms with E-state index in [1.54, 1.807) is 23.6 Å². The van der Waals surface area contributed by atoms with Crippen molar-refractivity contribution in [2.45, 2.75) is 57.2 Å². The molecule has 0 spiro atoms. The molecule has 1 amide bonds. The van der Waals surface area contributed by atoms with E-state index in [9.17, 15) is 14.4 Å². The normalized spacial score (nSPS) is 24.1. The average Bonchev–Trinajstić information content (AvgIpc) is 3.45. The number of aryl methyl sites for hydroxylation is 1. The van der Waals surface area contributed by atoms with Crippen LogP contribution in [0.4, 0.5) is 4.39 Å². The molecule has 2 bridgehead atoms. The highest BCUT2D eigenvalue weighted by atomic mass is 32.1. The summed E-state index contributed by atoms with van der Waals surface area (Å²) in [5.41, 5.74) is 1.21. The lowest BCUT2D eigenvalue weighted by molar-refractivity contribution is -0.124. The van der Waals surface area contributed by atoms with E-state index in [4.69, 9.17) is 0 Å². The van der Waals surface area contributed by atoms with Gasteiger partial charge in [-0.05, 0) is 48.8 Å². The molecule has 2 aromatic rings. The van der Waals surface area contributed by atoms with Crippen LogP contribution < -0.4 is 10.6 Å². The maximum Gasteiger partial charge on any atom is 0.238 e. The van der Waals surface area contributed by atoms with Crippen LogP contribution in [0.15, 0.2) is 24.4 Å². The smallest absolute Gasteiger partial charge is 0.238 e. The second kappa shape index (κ2) is 7.98. The van der Waals surface area contributed by atoms with Crippen LogP contribution in [0.1, 0.15) is 36.8 Å². The topological polar surface area (TPSA) is 77.8 Å². The number of carbonyl (C=O) groups is 1. The molecular weight excluding hydrogens is 375 g/mol. The molecule has 2 heterocycles. The number of nitrogens with zero attached hydrogens (tertiary/aromatic N) is 2. The van der Waals surface area contributed by atoms with Gasteiger partial charge in [-0.2, -0.15) is 5.26 Å². The van der Waals surface area contributed by atoms with E-state index in [0.717, 1.165) is 41.1 Å². The van der Waals surface area contributed by atoms with Crippen LogP contribution in [0, 0.1) is 23.1 Å². The quantitative estimate of drug-likeness (QED) is 0.783. The van der Waals surface area contributed by atoms with E-state index in [1.807, 2.05) is 13.0 Å². The van der Waals surface area contributed by atoms with Gasteiger partial charge in [0, 0.05) is 18.7 Å². The average molecular weight is 399 g/mol. The molecule has 2 aliphatic rings. The first-order valence-electron chi connectivity index (χ1n) is 9.77. The standard InChI is InChI=1S/C21H23FN4OS/c1-2-19-24-11-18(28-19)13-4-3-12(17(22)9-13)7-16(10-23)26-21(27)20-14-5-6-15(8-14)25-20/h3-4,9,11,14-16,20,25H,2,5-8H2,1H3,(H,26,27)/t14-,15-,16-,20-/m0/s1. The Labute approximate surface area is 168 Å². The number of fused-ring (bicyclic) bond motifs is 2. The summed E-state index contributed by atoms with van der Waals surface area (Å²) in [6, 6.07) is 6.58. The molecule has 0 radical (unpaired) electrons. The van der Waals surface area contributed by atoms with Crippen LogP contribution in [0.2, 0.25) is 0 Å². The van der Waals surface area contributed by atoms with Gasteiger partial charge in [-0.25, -0.2) is 9.37 Å². The third-order valence-electron chi connectivity index (χ3n) is 5.73. The van der Waals surface area contributed by atoms with Crippen molar-refractivity contribution in [2.24, 2.45) is 5.92 Å². The number of thiazole rings is 1. The zero-order chi connectivity index (χ0) is 19.7. The summed E-state index contributed by atoms with van der Waals surface area (Å²) >= 11 is 1.55. The highest BCUT2D eigenvalue weighted by molar-refractivity contribution is 7.15. The third-order valence-corrected chi connectivity index (χ3v) is 6.92. The van der Waals surface area contributed by atoms with Gasteiger partial charge in [0.1, 0.15) is 11.9 Å². The Morgan fingerprint density at radius 3 is 2.96 bits per heavy atom. The van der Waals surface area contributed by atoms with Gasteiger partial charge in [0.15, 0.2) is 0 Å². The van der Waals surface area contributed by atoms with Crippen LogP contribution in [0.5, 0.6) is 0 Å². The number of nitrogens with one attached hydrogen (secondary N) is 2. The number of hydrogen-bond donors (Lipinski definition) is 2. The largest absolute Gasteiger partial charge is 0.339 e. The van der Waals surface area contributed by atoms with Crippen molar-refractivity contribution in [3.63, 3.8) is 0 Å². The summed E-state index contributed by atoms with van der Waals surface area (Å²) in [5.74, 6) is -0.156. The number of piperidine rings is 1. The first kappa shape index (κ1) is 19.0. The van der Waals surface area contributed by atoms with Crippen molar-refractivity contribution in [1.29, 1.82) is 5.26 Å². The van der Waals surface area contributed by atoms with E-state index in [0.29, 0.717) is 17.5 Å². The van der Waals surface area contributed by atoms with E-state index in [-0.39, 0.29) is 24.2 Å².